The Morgan fingerprint density at radius 1 is 1.23 bits per heavy atom. The van der Waals surface area contributed by atoms with Crippen LogP contribution in [0.15, 0.2) is 41.3 Å². The summed E-state index contributed by atoms with van der Waals surface area (Å²) in [7, 11) is 0. The van der Waals surface area contributed by atoms with Crippen molar-refractivity contribution in [1.82, 2.24) is 4.57 Å². The molecule has 0 atom stereocenters. The first-order valence-corrected chi connectivity index (χ1v) is 6.35. The number of pyridine rings is 1. The lowest BCUT2D eigenvalue weighted by molar-refractivity contribution is -0.137. The highest BCUT2D eigenvalue weighted by Crippen LogP contribution is 2.29. The Kier molecular flexibility index (Phi) is 4.27. The van der Waals surface area contributed by atoms with Gasteiger partial charge in [-0.05, 0) is 23.8 Å². The molecule has 0 amide bonds. The number of alkyl halides is 3. The third-order valence-electron chi connectivity index (χ3n) is 2.92. The van der Waals surface area contributed by atoms with Gasteiger partial charge < -0.3 is 9.67 Å². The number of nitrogens with zero attached hydrogens (tertiary/aromatic N) is 1. The van der Waals surface area contributed by atoms with E-state index in [4.69, 9.17) is 16.7 Å². The monoisotopic (exact) mass is 331 g/mol. The van der Waals surface area contributed by atoms with E-state index in [1.165, 1.54) is 18.3 Å². The molecule has 0 unspecified atom stereocenters. The van der Waals surface area contributed by atoms with Crippen LogP contribution in [0.5, 0.6) is 0 Å². The normalized spacial score (nSPS) is 11.5. The van der Waals surface area contributed by atoms with E-state index in [1.807, 2.05) is 0 Å². The highest BCUT2D eigenvalue weighted by atomic mass is 35.5. The minimum absolute atomic E-state index is 0.0453. The van der Waals surface area contributed by atoms with Gasteiger partial charge >= 0.3 is 12.1 Å². The van der Waals surface area contributed by atoms with E-state index in [0.29, 0.717) is 5.56 Å². The Hall–Kier alpha value is -2.28. The van der Waals surface area contributed by atoms with E-state index in [0.717, 1.165) is 22.8 Å². The zero-order valence-corrected chi connectivity index (χ0v) is 11.6. The van der Waals surface area contributed by atoms with Gasteiger partial charge in [-0.1, -0.05) is 23.7 Å². The van der Waals surface area contributed by atoms with Crippen LogP contribution < -0.4 is 5.56 Å². The number of aromatic nitrogens is 1. The number of carboxylic acid groups (broad SMARTS) is 1. The smallest absolute Gasteiger partial charge is 0.416 e. The van der Waals surface area contributed by atoms with Gasteiger partial charge in [0.15, 0.2) is 0 Å². The van der Waals surface area contributed by atoms with Crippen LogP contribution in [0.25, 0.3) is 0 Å². The fourth-order valence-corrected chi connectivity index (χ4v) is 2.09. The first-order chi connectivity index (χ1) is 10.2. The molecule has 1 heterocycles. The van der Waals surface area contributed by atoms with Gasteiger partial charge in [-0.15, -0.1) is 0 Å². The molecule has 0 aliphatic carbocycles. The molecule has 0 bridgehead atoms. The molecule has 0 fully saturated rings. The summed E-state index contributed by atoms with van der Waals surface area (Å²) < 4.78 is 38.4. The Balaban J connectivity index is 2.35. The molecular weight excluding hydrogens is 323 g/mol. The fraction of sp³-hybridized carbons (Fsp3) is 0.143. The molecule has 8 heteroatoms. The summed E-state index contributed by atoms with van der Waals surface area (Å²) in [5.41, 5.74) is -1.68. The Morgan fingerprint density at radius 3 is 2.32 bits per heavy atom. The SMILES string of the molecule is O=C(O)c1cc(Cl)cn(Cc2ccc(C(F)(F)F)cc2)c1=O. The van der Waals surface area contributed by atoms with Gasteiger partial charge in [0.2, 0.25) is 0 Å². The van der Waals surface area contributed by atoms with Crippen molar-refractivity contribution in [3.63, 3.8) is 0 Å². The van der Waals surface area contributed by atoms with Crippen LogP contribution >= 0.6 is 11.6 Å². The topological polar surface area (TPSA) is 59.3 Å². The van der Waals surface area contributed by atoms with Gasteiger partial charge in [-0.3, -0.25) is 4.79 Å². The van der Waals surface area contributed by atoms with Crippen LogP contribution in [0.3, 0.4) is 0 Å². The largest absolute Gasteiger partial charge is 0.477 e. The molecule has 116 valence electrons. The summed E-state index contributed by atoms with van der Waals surface area (Å²) in [6, 6.07) is 5.24. The molecule has 0 aliphatic heterocycles. The summed E-state index contributed by atoms with van der Waals surface area (Å²) >= 11 is 5.75. The zero-order chi connectivity index (χ0) is 16.5. The second kappa shape index (κ2) is 5.84. The molecular formula is C14H9ClF3NO3. The molecule has 2 rings (SSSR count). The van der Waals surface area contributed by atoms with Crippen LogP contribution in [0.1, 0.15) is 21.5 Å². The van der Waals surface area contributed by atoms with Gasteiger partial charge in [-0.25, -0.2) is 4.79 Å². The quantitative estimate of drug-likeness (QED) is 0.939. The van der Waals surface area contributed by atoms with Crippen LogP contribution in [-0.2, 0) is 12.7 Å². The van der Waals surface area contributed by atoms with E-state index < -0.39 is 28.8 Å². The molecule has 22 heavy (non-hydrogen) atoms. The number of aromatic carboxylic acids is 1. The summed E-state index contributed by atoms with van der Waals surface area (Å²) in [5, 5.41) is 8.95. The van der Waals surface area contributed by atoms with Crippen molar-refractivity contribution in [2.24, 2.45) is 0 Å². The van der Waals surface area contributed by atoms with Gasteiger partial charge in [0.1, 0.15) is 5.56 Å². The number of carboxylic acids is 1. The number of rotatable bonds is 3. The van der Waals surface area contributed by atoms with Crippen LogP contribution in [0, 0.1) is 0 Å². The van der Waals surface area contributed by atoms with E-state index >= 15 is 0 Å². The van der Waals surface area contributed by atoms with Crippen LogP contribution in [0.4, 0.5) is 13.2 Å². The highest BCUT2D eigenvalue weighted by molar-refractivity contribution is 6.30. The molecule has 1 aromatic carbocycles. The minimum atomic E-state index is -4.44. The molecule has 2 aromatic rings. The second-order valence-corrected chi connectivity index (χ2v) is 4.94. The third-order valence-corrected chi connectivity index (χ3v) is 3.12. The van der Waals surface area contributed by atoms with Crippen molar-refractivity contribution in [2.45, 2.75) is 12.7 Å². The summed E-state index contributed by atoms with van der Waals surface area (Å²) in [6.45, 7) is -0.0855. The molecule has 0 spiro atoms. The maximum Gasteiger partial charge on any atom is 0.416 e. The first kappa shape index (κ1) is 16.1. The second-order valence-electron chi connectivity index (χ2n) is 4.50. The molecule has 1 aromatic heterocycles. The van der Waals surface area contributed by atoms with Crippen LogP contribution in [-0.4, -0.2) is 15.6 Å². The third kappa shape index (κ3) is 3.48. The van der Waals surface area contributed by atoms with E-state index in [1.54, 1.807) is 0 Å². The summed E-state index contributed by atoms with van der Waals surface area (Å²) in [4.78, 5) is 22.9. The van der Waals surface area contributed by atoms with Crippen LogP contribution in [0.2, 0.25) is 5.02 Å². The number of hydrogen-bond acceptors (Lipinski definition) is 2. The van der Waals surface area contributed by atoms with Gasteiger partial charge in [0, 0.05) is 6.20 Å². The fourth-order valence-electron chi connectivity index (χ4n) is 1.87. The lowest BCUT2D eigenvalue weighted by Crippen LogP contribution is -2.26. The predicted octanol–water partition coefficient (Wildman–Crippen LogP) is 3.27. The van der Waals surface area contributed by atoms with Crippen molar-refractivity contribution >= 4 is 17.6 Å². The number of carbonyl (C=O) groups is 1. The van der Waals surface area contributed by atoms with Crippen molar-refractivity contribution in [1.29, 1.82) is 0 Å². The van der Waals surface area contributed by atoms with Crippen molar-refractivity contribution in [3.05, 3.63) is 68.6 Å². The van der Waals surface area contributed by atoms with Gasteiger partial charge in [0.25, 0.3) is 5.56 Å². The first-order valence-electron chi connectivity index (χ1n) is 5.98. The standard InChI is InChI=1S/C14H9ClF3NO3/c15-10-5-11(13(21)22)12(20)19(7-10)6-8-1-3-9(4-2-8)14(16,17)18/h1-5,7H,6H2,(H,21,22). The average Bonchev–Trinajstić information content (AvgIpc) is 2.41. The Bertz CT molecular complexity index is 766. The Morgan fingerprint density at radius 2 is 1.82 bits per heavy atom. The molecule has 0 saturated carbocycles. The van der Waals surface area contributed by atoms with Gasteiger partial charge in [-0.2, -0.15) is 13.2 Å². The van der Waals surface area contributed by atoms with E-state index in [2.05, 4.69) is 0 Å². The molecule has 0 radical (unpaired) electrons. The molecule has 0 aliphatic rings. The maximum atomic E-state index is 12.5. The lowest BCUT2D eigenvalue weighted by Gasteiger charge is -2.10. The molecule has 0 saturated heterocycles. The summed E-state index contributed by atoms with van der Waals surface area (Å²) in [6.07, 6.45) is -3.21. The Labute approximate surface area is 127 Å². The lowest BCUT2D eigenvalue weighted by atomic mass is 10.1. The number of hydrogen-bond donors (Lipinski definition) is 1. The zero-order valence-electron chi connectivity index (χ0n) is 10.9. The highest BCUT2D eigenvalue weighted by Gasteiger charge is 2.29. The van der Waals surface area contributed by atoms with E-state index in [-0.39, 0.29) is 11.6 Å². The molecule has 4 nitrogen and oxygen atoms in total. The maximum absolute atomic E-state index is 12.5. The van der Waals surface area contributed by atoms with Crippen molar-refractivity contribution in [2.75, 3.05) is 0 Å². The van der Waals surface area contributed by atoms with Crippen molar-refractivity contribution in [3.8, 4) is 0 Å². The van der Waals surface area contributed by atoms with Crippen molar-refractivity contribution < 1.29 is 23.1 Å². The molecule has 1 N–H and O–H groups in total. The summed E-state index contributed by atoms with van der Waals surface area (Å²) in [5.74, 6) is -1.42. The minimum Gasteiger partial charge on any atom is -0.477 e. The average molecular weight is 332 g/mol. The number of halogens is 4. The van der Waals surface area contributed by atoms with Gasteiger partial charge in [0.05, 0.1) is 17.1 Å². The number of benzene rings is 1. The predicted molar refractivity (Wildman–Crippen MR) is 73.2 cm³/mol. The van der Waals surface area contributed by atoms with E-state index in [9.17, 15) is 22.8 Å².